The van der Waals surface area contributed by atoms with E-state index in [9.17, 15) is 9.18 Å². The third-order valence-electron chi connectivity index (χ3n) is 2.93. The second kappa shape index (κ2) is 6.48. The van der Waals surface area contributed by atoms with Crippen molar-refractivity contribution in [1.82, 2.24) is 5.32 Å². The lowest BCUT2D eigenvalue weighted by molar-refractivity contribution is 0.0950. The normalized spacial score (nSPS) is 9.80. The van der Waals surface area contributed by atoms with Crippen LogP contribution in [0.4, 0.5) is 4.39 Å². The molecule has 0 spiro atoms. The molecule has 20 heavy (non-hydrogen) atoms. The number of rotatable bonds is 4. The molecule has 1 amide bonds. The second-order valence-corrected chi connectivity index (χ2v) is 4.27. The molecule has 4 heteroatoms. The Kier molecular flexibility index (Phi) is 4.46. The largest absolute Gasteiger partial charge is 0.348 e. The van der Waals surface area contributed by atoms with E-state index in [1.54, 1.807) is 42.5 Å². The Hall–Kier alpha value is -2.67. The van der Waals surface area contributed by atoms with Gasteiger partial charge in [-0.2, -0.15) is 5.26 Å². The molecule has 0 aromatic heterocycles. The Bertz CT molecular complexity index is 662. The van der Waals surface area contributed by atoms with Crippen molar-refractivity contribution in [3.8, 4) is 6.07 Å². The maximum atomic E-state index is 13.4. The molecule has 1 N–H and O–H groups in total. The molecule has 3 nitrogen and oxygen atoms in total. The lowest BCUT2D eigenvalue weighted by atomic mass is 10.0. The standard InChI is InChI=1S/C16H13FN2O/c17-15-8-4-2-6-13(15)11-19-16(20)14-7-3-1-5-12(14)9-10-18/h1-8H,9,11H2,(H,19,20). The highest BCUT2D eigenvalue weighted by Gasteiger charge is 2.11. The summed E-state index contributed by atoms with van der Waals surface area (Å²) in [4.78, 5) is 12.1. The van der Waals surface area contributed by atoms with Crippen LogP contribution in [0.15, 0.2) is 48.5 Å². The number of halogens is 1. The Morgan fingerprint density at radius 2 is 1.75 bits per heavy atom. The molecule has 2 aromatic carbocycles. The average Bonchev–Trinajstić information content (AvgIpc) is 2.47. The monoisotopic (exact) mass is 268 g/mol. The highest BCUT2D eigenvalue weighted by Crippen LogP contribution is 2.10. The van der Waals surface area contributed by atoms with Crippen LogP contribution in [-0.2, 0) is 13.0 Å². The molecule has 0 fully saturated rings. The Labute approximate surface area is 116 Å². The third kappa shape index (κ3) is 3.21. The van der Waals surface area contributed by atoms with Gasteiger partial charge in [-0.05, 0) is 17.7 Å². The first-order valence-electron chi connectivity index (χ1n) is 6.19. The number of hydrogen-bond acceptors (Lipinski definition) is 2. The first-order chi connectivity index (χ1) is 9.72. The van der Waals surface area contributed by atoms with Gasteiger partial charge in [0.25, 0.3) is 5.91 Å². The minimum Gasteiger partial charge on any atom is -0.348 e. The Balaban J connectivity index is 2.10. The van der Waals surface area contributed by atoms with E-state index >= 15 is 0 Å². The lowest BCUT2D eigenvalue weighted by Gasteiger charge is -2.08. The van der Waals surface area contributed by atoms with Crippen LogP contribution in [0.25, 0.3) is 0 Å². The number of carbonyl (C=O) groups excluding carboxylic acids is 1. The predicted octanol–water partition coefficient (Wildman–Crippen LogP) is 2.82. The quantitative estimate of drug-likeness (QED) is 0.927. The van der Waals surface area contributed by atoms with Crippen LogP contribution in [0, 0.1) is 17.1 Å². The van der Waals surface area contributed by atoms with Crippen molar-refractivity contribution in [2.75, 3.05) is 0 Å². The fraction of sp³-hybridized carbons (Fsp3) is 0.125. The lowest BCUT2D eigenvalue weighted by Crippen LogP contribution is -2.24. The van der Waals surface area contributed by atoms with E-state index in [-0.39, 0.29) is 24.7 Å². The zero-order valence-corrected chi connectivity index (χ0v) is 10.8. The van der Waals surface area contributed by atoms with Gasteiger partial charge in [-0.3, -0.25) is 4.79 Å². The maximum absolute atomic E-state index is 13.4. The topological polar surface area (TPSA) is 52.9 Å². The zero-order valence-electron chi connectivity index (χ0n) is 10.8. The fourth-order valence-corrected chi connectivity index (χ4v) is 1.89. The first-order valence-corrected chi connectivity index (χ1v) is 6.19. The Morgan fingerprint density at radius 3 is 2.45 bits per heavy atom. The summed E-state index contributed by atoms with van der Waals surface area (Å²) >= 11 is 0. The number of hydrogen-bond donors (Lipinski definition) is 1. The highest BCUT2D eigenvalue weighted by molar-refractivity contribution is 5.95. The van der Waals surface area contributed by atoms with Gasteiger partial charge < -0.3 is 5.32 Å². The number of nitriles is 1. The molecular weight excluding hydrogens is 255 g/mol. The van der Waals surface area contributed by atoms with E-state index in [1.807, 2.05) is 6.07 Å². The Morgan fingerprint density at radius 1 is 1.10 bits per heavy atom. The molecule has 0 aliphatic carbocycles. The SMILES string of the molecule is N#CCc1ccccc1C(=O)NCc1ccccc1F. The summed E-state index contributed by atoms with van der Waals surface area (Å²) < 4.78 is 13.4. The van der Waals surface area contributed by atoms with Crippen molar-refractivity contribution in [2.45, 2.75) is 13.0 Å². The van der Waals surface area contributed by atoms with Gasteiger partial charge in [0.05, 0.1) is 12.5 Å². The van der Waals surface area contributed by atoms with Crippen molar-refractivity contribution in [2.24, 2.45) is 0 Å². The summed E-state index contributed by atoms with van der Waals surface area (Å²) in [7, 11) is 0. The maximum Gasteiger partial charge on any atom is 0.251 e. The summed E-state index contributed by atoms with van der Waals surface area (Å²) in [6.45, 7) is 0.117. The van der Waals surface area contributed by atoms with Gasteiger partial charge in [-0.25, -0.2) is 4.39 Å². The molecule has 0 bridgehead atoms. The summed E-state index contributed by atoms with van der Waals surface area (Å²) in [5, 5.41) is 11.4. The van der Waals surface area contributed by atoms with Gasteiger partial charge in [0.2, 0.25) is 0 Å². The summed E-state index contributed by atoms with van der Waals surface area (Å²) in [5.41, 5.74) is 1.55. The number of benzene rings is 2. The minimum atomic E-state index is -0.349. The van der Waals surface area contributed by atoms with Crippen LogP contribution in [-0.4, -0.2) is 5.91 Å². The number of nitrogens with zero attached hydrogens (tertiary/aromatic N) is 1. The van der Waals surface area contributed by atoms with Crippen LogP contribution >= 0.6 is 0 Å². The molecular formula is C16H13FN2O. The van der Waals surface area contributed by atoms with Gasteiger partial charge >= 0.3 is 0 Å². The van der Waals surface area contributed by atoms with Crippen LogP contribution in [0.5, 0.6) is 0 Å². The van der Waals surface area contributed by atoms with Crippen molar-refractivity contribution in [3.63, 3.8) is 0 Å². The van der Waals surface area contributed by atoms with Crippen LogP contribution in [0.2, 0.25) is 0 Å². The zero-order chi connectivity index (χ0) is 14.4. The molecule has 0 unspecified atom stereocenters. The van der Waals surface area contributed by atoms with E-state index in [0.717, 1.165) is 0 Å². The molecule has 0 saturated heterocycles. The molecule has 2 rings (SSSR count). The summed E-state index contributed by atoms with van der Waals surface area (Å²) in [6, 6.07) is 15.2. The first kappa shape index (κ1) is 13.8. The van der Waals surface area contributed by atoms with Gasteiger partial charge in [0.15, 0.2) is 0 Å². The molecule has 0 heterocycles. The van der Waals surface area contributed by atoms with E-state index in [1.165, 1.54) is 6.07 Å². The summed E-state index contributed by atoms with van der Waals surface area (Å²) in [6.07, 6.45) is 0.170. The number of amides is 1. The van der Waals surface area contributed by atoms with E-state index in [2.05, 4.69) is 5.32 Å². The van der Waals surface area contributed by atoms with Crippen LogP contribution < -0.4 is 5.32 Å². The van der Waals surface area contributed by atoms with Crippen molar-refractivity contribution >= 4 is 5.91 Å². The molecule has 0 aliphatic rings. The average molecular weight is 268 g/mol. The van der Waals surface area contributed by atoms with Crippen LogP contribution in [0.1, 0.15) is 21.5 Å². The summed E-state index contributed by atoms with van der Waals surface area (Å²) in [5.74, 6) is -0.655. The fourth-order valence-electron chi connectivity index (χ4n) is 1.89. The smallest absolute Gasteiger partial charge is 0.251 e. The number of nitrogens with one attached hydrogen (secondary N) is 1. The van der Waals surface area contributed by atoms with Gasteiger partial charge in [0.1, 0.15) is 5.82 Å². The minimum absolute atomic E-state index is 0.117. The second-order valence-electron chi connectivity index (χ2n) is 4.27. The molecule has 2 aromatic rings. The van der Waals surface area contributed by atoms with Gasteiger partial charge in [-0.1, -0.05) is 36.4 Å². The molecule has 0 radical (unpaired) electrons. The van der Waals surface area contributed by atoms with Crippen molar-refractivity contribution in [3.05, 3.63) is 71.0 Å². The van der Waals surface area contributed by atoms with Gasteiger partial charge in [-0.15, -0.1) is 0 Å². The van der Waals surface area contributed by atoms with Crippen LogP contribution in [0.3, 0.4) is 0 Å². The highest BCUT2D eigenvalue weighted by atomic mass is 19.1. The van der Waals surface area contributed by atoms with Crippen molar-refractivity contribution < 1.29 is 9.18 Å². The molecule has 0 saturated carbocycles. The molecule has 100 valence electrons. The molecule has 0 atom stereocenters. The van der Waals surface area contributed by atoms with E-state index < -0.39 is 0 Å². The predicted molar refractivity (Wildman–Crippen MR) is 73.3 cm³/mol. The van der Waals surface area contributed by atoms with Gasteiger partial charge in [0, 0.05) is 17.7 Å². The third-order valence-corrected chi connectivity index (χ3v) is 2.93. The van der Waals surface area contributed by atoms with E-state index in [0.29, 0.717) is 16.7 Å². The van der Waals surface area contributed by atoms with Crippen molar-refractivity contribution in [1.29, 1.82) is 5.26 Å². The molecule has 0 aliphatic heterocycles. The van der Waals surface area contributed by atoms with E-state index in [4.69, 9.17) is 5.26 Å². The number of carbonyl (C=O) groups is 1.